The van der Waals surface area contributed by atoms with Gasteiger partial charge in [0.15, 0.2) is 0 Å². The molecule has 0 spiro atoms. The van der Waals surface area contributed by atoms with Crippen molar-refractivity contribution in [2.24, 2.45) is 5.84 Å². The molecule has 0 aliphatic carbocycles. The van der Waals surface area contributed by atoms with Crippen molar-refractivity contribution in [1.29, 1.82) is 0 Å². The van der Waals surface area contributed by atoms with Crippen LogP contribution in [0.1, 0.15) is 27.7 Å². The Labute approximate surface area is 124 Å². The summed E-state index contributed by atoms with van der Waals surface area (Å²) in [6.07, 6.45) is 0. The summed E-state index contributed by atoms with van der Waals surface area (Å²) in [5, 5.41) is 14.0. The molecule has 0 amide bonds. The molecular formula is C13H24N6O2. The molecule has 1 heterocycles. The van der Waals surface area contributed by atoms with Gasteiger partial charge in [0.2, 0.25) is 0 Å². The highest BCUT2D eigenvalue weighted by Gasteiger charge is 2.14. The zero-order chi connectivity index (χ0) is 16.0. The molecule has 118 valence electrons. The van der Waals surface area contributed by atoms with Gasteiger partial charge in [-0.15, -0.1) is 0 Å². The lowest BCUT2D eigenvalue weighted by Crippen LogP contribution is -2.40. The molecule has 0 bridgehead atoms. The lowest BCUT2D eigenvalue weighted by Gasteiger charge is -2.30. The van der Waals surface area contributed by atoms with Crippen molar-refractivity contribution < 1.29 is 4.92 Å². The van der Waals surface area contributed by atoms with E-state index >= 15 is 0 Å². The number of pyridine rings is 1. The molecule has 8 heteroatoms. The van der Waals surface area contributed by atoms with Crippen molar-refractivity contribution in [3.05, 3.63) is 22.2 Å². The van der Waals surface area contributed by atoms with Crippen LogP contribution in [0.3, 0.4) is 0 Å². The third-order valence-corrected chi connectivity index (χ3v) is 3.17. The Morgan fingerprint density at radius 1 is 1.29 bits per heavy atom. The van der Waals surface area contributed by atoms with Gasteiger partial charge in [0.25, 0.3) is 5.69 Å². The zero-order valence-electron chi connectivity index (χ0n) is 13.0. The van der Waals surface area contributed by atoms with Crippen LogP contribution < -0.4 is 16.6 Å². The van der Waals surface area contributed by atoms with Gasteiger partial charge in [-0.2, -0.15) is 0 Å². The monoisotopic (exact) mass is 296 g/mol. The molecule has 4 N–H and O–H groups in total. The van der Waals surface area contributed by atoms with Crippen LogP contribution in [0.25, 0.3) is 0 Å². The molecule has 1 rings (SSSR count). The summed E-state index contributed by atoms with van der Waals surface area (Å²) in [6.45, 7) is 10.0. The third-order valence-electron chi connectivity index (χ3n) is 3.17. The topological polar surface area (TPSA) is 109 Å². The second-order valence-electron chi connectivity index (χ2n) is 5.35. The van der Waals surface area contributed by atoms with Crippen molar-refractivity contribution in [2.45, 2.75) is 39.8 Å². The lowest BCUT2D eigenvalue weighted by molar-refractivity contribution is -0.384. The highest BCUT2D eigenvalue weighted by molar-refractivity contribution is 5.54. The summed E-state index contributed by atoms with van der Waals surface area (Å²) in [4.78, 5) is 16.9. The van der Waals surface area contributed by atoms with Crippen molar-refractivity contribution in [2.75, 3.05) is 23.8 Å². The summed E-state index contributed by atoms with van der Waals surface area (Å²) in [6, 6.07) is 3.56. The van der Waals surface area contributed by atoms with Crippen LogP contribution in [-0.2, 0) is 0 Å². The normalized spacial score (nSPS) is 11.2. The SMILES string of the molecule is CC(C)N(CCNc1cc([N+](=O)[O-])cc(NN)n1)C(C)C. The molecule has 1 aromatic heterocycles. The Morgan fingerprint density at radius 2 is 1.86 bits per heavy atom. The van der Waals surface area contributed by atoms with Crippen LogP contribution in [-0.4, -0.2) is 40.0 Å². The van der Waals surface area contributed by atoms with Gasteiger partial charge in [-0.25, -0.2) is 10.8 Å². The fourth-order valence-electron chi connectivity index (χ4n) is 2.21. The second-order valence-corrected chi connectivity index (χ2v) is 5.35. The van der Waals surface area contributed by atoms with E-state index in [1.807, 2.05) is 0 Å². The standard InChI is InChI=1S/C13H24N6O2/c1-9(2)18(10(3)4)6-5-15-12-7-11(19(20)21)8-13(16-12)17-14/h7-10H,5-6,14H2,1-4H3,(H2,15,16,17). The van der Waals surface area contributed by atoms with Crippen LogP contribution in [0, 0.1) is 10.1 Å². The van der Waals surface area contributed by atoms with Crippen LogP contribution >= 0.6 is 0 Å². The molecule has 1 aromatic rings. The van der Waals surface area contributed by atoms with Crippen LogP contribution in [0.5, 0.6) is 0 Å². The number of nitrogen functional groups attached to an aromatic ring is 1. The lowest BCUT2D eigenvalue weighted by atomic mass is 10.2. The Morgan fingerprint density at radius 3 is 2.33 bits per heavy atom. The molecule has 0 radical (unpaired) electrons. The summed E-state index contributed by atoms with van der Waals surface area (Å²) in [5.41, 5.74) is 2.28. The Bertz CT molecular complexity index is 470. The van der Waals surface area contributed by atoms with E-state index in [9.17, 15) is 10.1 Å². The number of nitro groups is 1. The molecular weight excluding hydrogens is 272 g/mol. The number of nitrogens with zero attached hydrogens (tertiary/aromatic N) is 3. The number of anilines is 2. The second kappa shape index (κ2) is 7.75. The predicted octanol–water partition coefficient (Wildman–Crippen LogP) is 1.81. The average Bonchev–Trinajstić information content (AvgIpc) is 2.42. The van der Waals surface area contributed by atoms with E-state index in [1.54, 1.807) is 0 Å². The quantitative estimate of drug-likeness (QED) is 0.381. The van der Waals surface area contributed by atoms with Gasteiger partial charge in [0, 0.05) is 25.2 Å². The Hall–Kier alpha value is -1.93. The molecule has 0 saturated carbocycles. The van der Waals surface area contributed by atoms with Gasteiger partial charge in [-0.1, -0.05) is 0 Å². The number of aromatic nitrogens is 1. The van der Waals surface area contributed by atoms with Gasteiger partial charge in [0.05, 0.1) is 17.1 Å². The van der Waals surface area contributed by atoms with E-state index in [4.69, 9.17) is 5.84 Å². The van der Waals surface area contributed by atoms with E-state index in [1.165, 1.54) is 12.1 Å². The first-order chi connectivity index (χ1) is 9.85. The largest absolute Gasteiger partial charge is 0.369 e. The van der Waals surface area contributed by atoms with E-state index in [0.717, 1.165) is 6.54 Å². The number of hydrogen-bond donors (Lipinski definition) is 3. The summed E-state index contributed by atoms with van der Waals surface area (Å²) >= 11 is 0. The van der Waals surface area contributed by atoms with Crippen molar-refractivity contribution in [3.63, 3.8) is 0 Å². The third kappa shape index (κ3) is 5.16. The fourth-order valence-corrected chi connectivity index (χ4v) is 2.21. The van der Waals surface area contributed by atoms with Crippen LogP contribution in [0.4, 0.5) is 17.3 Å². The molecule has 0 atom stereocenters. The maximum Gasteiger partial charge on any atom is 0.276 e. The highest BCUT2D eigenvalue weighted by Crippen LogP contribution is 2.19. The van der Waals surface area contributed by atoms with Crippen molar-refractivity contribution >= 4 is 17.3 Å². The van der Waals surface area contributed by atoms with E-state index in [-0.39, 0.29) is 11.5 Å². The van der Waals surface area contributed by atoms with E-state index < -0.39 is 4.92 Å². The van der Waals surface area contributed by atoms with Gasteiger partial charge in [0.1, 0.15) is 11.6 Å². The molecule has 0 aromatic carbocycles. The Balaban J connectivity index is 2.70. The van der Waals surface area contributed by atoms with E-state index in [0.29, 0.717) is 24.4 Å². The molecule has 0 fully saturated rings. The first-order valence-electron chi connectivity index (χ1n) is 6.97. The first kappa shape index (κ1) is 17.1. The summed E-state index contributed by atoms with van der Waals surface area (Å²) in [5.74, 6) is 5.97. The first-order valence-corrected chi connectivity index (χ1v) is 6.97. The zero-order valence-corrected chi connectivity index (χ0v) is 13.0. The number of hydrazine groups is 1. The summed E-state index contributed by atoms with van der Waals surface area (Å²) < 4.78 is 0. The highest BCUT2D eigenvalue weighted by atomic mass is 16.6. The average molecular weight is 296 g/mol. The maximum atomic E-state index is 10.9. The van der Waals surface area contributed by atoms with Gasteiger partial charge < -0.3 is 10.7 Å². The van der Waals surface area contributed by atoms with Gasteiger partial charge in [-0.05, 0) is 27.7 Å². The number of rotatable bonds is 8. The van der Waals surface area contributed by atoms with Crippen molar-refractivity contribution in [3.8, 4) is 0 Å². The number of nitrogens with two attached hydrogens (primary N) is 1. The summed E-state index contributed by atoms with van der Waals surface area (Å²) in [7, 11) is 0. The molecule has 0 saturated heterocycles. The van der Waals surface area contributed by atoms with Gasteiger partial charge in [-0.3, -0.25) is 15.0 Å². The minimum absolute atomic E-state index is 0.0509. The smallest absolute Gasteiger partial charge is 0.276 e. The Kier molecular flexibility index (Phi) is 6.32. The van der Waals surface area contributed by atoms with E-state index in [2.05, 4.69) is 48.3 Å². The predicted molar refractivity (Wildman–Crippen MR) is 84.2 cm³/mol. The molecule has 21 heavy (non-hydrogen) atoms. The van der Waals surface area contributed by atoms with Crippen molar-refractivity contribution in [1.82, 2.24) is 9.88 Å². The van der Waals surface area contributed by atoms with Crippen LogP contribution in [0.2, 0.25) is 0 Å². The minimum Gasteiger partial charge on any atom is -0.369 e. The van der Waals surface area contributed by atoms with Gasteiger partial charge >= 0.3 is 0 Å². The van der Waals surface area contributed by atoms with Crippen LogP contribution in [0.15, 0.2) is 12.1 Å². The maximum absolute atomic E-state index is 10.9. The molecule has 0 unspecified atom stereocenters. The number of nitrogens with one attached hydrogen (secondary N) is 2. The molecule has 8 nitrogen and oxygen atoms in total. The fraction of sp³-hybridized carbons (Fsp3) is 0.615. The molecule has 0 aliphatic rings. The molecule has 0 aliphatic heterocycles. The number of hydrogen-bond acceptors (Lipinski definition) is 7. The minimum atomic E-state index is -0.470.